The molecule has 0 aliphatic carbocycles. The second kappa shape index (κ2) is 10.1. The molecule has 2 aromatic heterocycles. The van der Waals surface area contributed by atoms with Gasteiger partial charge in [-0.2, -0.15) is 0 Å². The summed E-state index contributed by atoms with van der Waals surface area (Å²) in [4.78, 5) is 41.2. The Morgan fingerprint density at radius 3 is 2.48 bits per heavy atom. The molecule has 12 heteroatoms. The van der Waals surface area contributed by atoms with E-state index < -0.39 is 40.3 Å². The molecule has 0 saturated carbocycles. The van der Waals surface area contributed by atoms with E-state index in [0.29, 0.717) is 3.57 Å². The first-order chi connectivity index (χ1) is 18.8. The third-order valence-corrected chi connectivity index (χ3v) is 7.31. The van der Waals surface area contributed by atoms with Gasteiger partial charge in [0.1, 0.15) is 40.3 Å². The van der Waals surface area contributed by atoms with E-state index in [1.165, 1.54) is 44.3 Å². The molecule has 2 aromatic carbocycles. The second-order valence-corrected chi connectivity index (χ2v) is 11.0. The lowest BCUT2D eigenvalue weighted by atomic mass is 10.2. The average Bonchev–Trinajstić information content (AvgIpc) is 3.25. The van der Waals surface area contributed by atoms with E-state index in [1.54, 1.807) is 19.9 Å². The van der Waals surface area contributed by atoms with Gasteiger partial charge in [-0.15, -0.1) is 0 Å². The zero-order chi connectivity index (χ0) is 29.1. The van der Waals surface area contributed by atoms with Crippen LogP contribution in [0.5, 0.6) is 11.5 Å². The van der Waals surface area contributed by atoms with Gasteiger partial charge in [0.25, 0.3) is 11.1 Å². The van der Waals surface area contributed by atoms with Crippen LogP contribution in [0.25, 0.3) is 22.4 Å². The average molecular weight is 663 g/mol. The number of halogens is 3. The summed E-state index contributed by atoms with van der Waals surface area (Å²) in [6, 6.07) is 9.33. The van der Waals surface area contributed by atoms with Crippen molar-refractivity contribution in [2.24, 2.45) is 7.05 Å². The Labute approximate surface area is 240 Å². The number of benzene rings is 2. The third-order valence-electron chi connectivity index (χ3n) is 6.64. The SMILES string of the molecule is C=C([C@H]1COC(C)(C)O1)n1c(=O)c2c(Oc3cccc(F)c3C)cc(=O)n(C)c2n(-c2ccc(I)cc2F)c1=O. The van der Waals surface area contributed by atoms with E-state index in [1.807, 2.05) is 22.6 Å². The molecule has 1 aliphatic rings. The molecular weight excluding hydrogens is 639 g/mol. The van der Waals surface area contributed by atoms with Crippen LogP contribution in [-0.2, 0) is 16.5 Å². The maximum Gasteiger partial charge on any atom is 0.341 e. The lowest BCUT2D eigenvalue weighted by molar-refractivity contribution is -0.132. The van der Waals surface area contributed by atoms with Crippen molar-refractivity contribution in [3.63, 3.8) is 0 Å². The molecule has 5 rings (SSSR count). The van der Waals surface area contributed by atoms with E-state index in [4.69, 9.17) is 14.2 Å². The molecule has 0 bridgehead atoms. The van der Waals surface area contributed by atoms with Crippen molar-refractivity contribution in [2.45, 2.75) is 32.7 Å². The topological polar surface area (TPSA) is 93.7 Å². The molecule has 1 saturated heterocycles. The van der Waals surface area contributed by atoms with Crippen LogP contribution in [-0.4, -0.2) is 32.2 Å². The predicted octanol–water partition coefficient (Wildman–Crippen LogP) is 4.46. The van der Waals surface area contributed by atoms with Gasteiger partial charge in [0.05, 0.1) is 18.0 Å². The van der Waals surface area contributed by atoms with Gasteiger partial charge in [-0.05, 0) is 73.7 Å². The first-order valence-electron chi connectivity index (χ1n) is 12.1. The minimum atomic E-state index is -0.998. The Kier molecular flexibility index (Phi) is 7.04. The third kappa shape index (κ3) is 4.69. The first-order valence-corrected chi connectivity index (χ1v) is 13.2. The second-order valence-electron chi connectivity index (χ2n) is 9.73. The largest absolute Gasteiger partial charge is 0.456 e. The molecule has 0 amide bonds. The van der Waals surface area contributed by atoms with Gasteiger partial charge in [-0.25, -0.2) is 22.7 Å². The maximum absolute atomic E-state index is 15.4. The van der Waals surface area contributed by atoms with Crippen LogP contribution in [0.1, 0.15) is 19.4 Å². The minimum absolute atomic E-state index is 0.00671. The molecule has 0 N–H and O–H groups in total. The fraction of sp³-hybridized carbons (Fsp3) is 0.250. The van der Waals surface area contributed by atoms with Gasteiger partial charge in [-0.3, -0.25) is 14.2 Å². The van der Waals surface area contributed by atoms with Crippen LogP contribution in [0.4, 0.5) is 8.78 Å². The van der Waals surface area contributed by atoms with Crippen LogP contribution in [0.15, 0.2) is 63.4 Å². The van der Waals surface area contributed by atoms with Gasteiger partial charge in [-0.1, -0.05) is 12.6 Å². The first kappa shape index (κ1) is 27.9. The number of pyridine rings is 1. The summed E-state index contributed by atoms with van der Waals surface area (Å²) in [5.41, 5.74) is -2.87. The molecule has 0 spiro atoms. The van der Waals surface area contributed by atoms with Gasteiger partial charge in [0, 0.05) is 22.2 Å². The number of aromatic nitrogens is 3. The molecule has 4 aromatic rings. The van der Waals surface area contributed by atoms with Crippen molar-refractivity contribution in [3.8, 4) is 17.2 Å². The maximum atomic E-state index is 15.4. The monoisotopic (exact) mass is 663 g/mol. The lowest BCUT2D eigenvalue weighted by Gasteiger charge is -2.22. The minimum Gasteiger partial charge on any atom is -0.456 e. The summed E-state index contributed by atoms with van der Waals surface area (Å²) in [7, 11) is 1.34. The summed E-state index contributed by atoms with van der Waals surface area (Å²) in [5, 5.41) is -0.234. The van der Waals surface area contributed by atoms with Crippen molar-refractivity contribution in [3.05, 3.63) is 101 Å². The Morgan fingerprint density at radius 1 is 1.10 bits per heavy atom. The molecular formula is C28H24F2IN3O6. The van der Waals surface area contributed by atoms with Crippen LogP contribution < -0.4 is 21.5 Å². The highest BCUT2D eigenvalue weighted by Gasteiger charge is 2.36. The molecule has 9 nitrogen and oxygen atoms in total. The van der Waals surface area contributed by atoms with Crippen molar-refractivity contribution in [1.29, 1.82) is 0 Å². The molecule has 0 unspecified atom stereocenters. The number of ether oxygens (including phenoxy) is 3. The number of fused-ring (bicyclic) bond motifs is 1. The van der Waals surface area contributed by atoms with E-state index >= 15 is 4.39 Å². The van der Waals surface area contributed by atoms with Crippen molar-refractivity contribution in [2.75, 3.05) is 6.61 Å². The highest BCUT2D eigenvalue weighted by Crippen LogP contribution is 2.32. The van der Waals surface area contributed by atoms with Crippen LogP contribution in [0.2, 0.25) is 0 Å². The number of hydrogen-bond donors (Lipinski definition) is 0. The van der Waals surface area contributed by atoms with Gasteiger partial charge in [0.15, 0.2) is 5.79 Å². The van der Waals surface area contributed by atoms with E-state index in [2.05, 4.69) is 6.58 Å². The van der Waals surface area contributed by atoms with Crippen LogP contribution >= 0.6 is 22.6 Å². The molecule has 3 heterocycles. The van der Waals surface area contributed by atoms with Crippen molar-refractivity contribution >= 4 is 39.3 Å². The molecule has 40 heavy (non-hydrogen) atoms. The number of hydrogen-bond acceptors (Lipinski definition) is 6. The van der Waals surface area contributed by atoms with Gasteiger partial charge >= 0.3 is 5.69 Å². The zero-order valence-corrected chi connectivity index (χ0v) is 24.1. The molecule has 1 fully saturated rings. The summed E-state index contributed by atoms with van der Waals surface area (Å²) >= 11 is 1.92. The fourth-order valence-electron chi connectivity index (χ4n) is 4.54. The van der Waals surface area contributed by atoms with E-state index in [0.717, 1.165) is 19.8 Å². The quantitative estimate of drug-likeness (QED) is 0.293. The highest BCUT2D eigenvalue weighted by atomic mass is 127. The smallest absolute Gasteiger partial charge is 0.341 e. The summed E-state index contributed by atoms with van der Waals surface area (Å²) < 4.78 is 50.3. The summed E-state index contributed by atoms with van der Waals surface area (Å²) in [6.07, 6.45) is -0.879. The van der Waals surface area contributed by atoms with Crippen LogP contribution in [0.3, 0.4) is 0 Å². The number of aryl methyl sites for hydroxylation is 1. The molecule has 208 valence electrons. The Balaban J connectivity index is 1.90. The highest BCUT2D eigenvalue weighted by molar-refractivity contribution is 14.1. The van der Waals surface area contributed by atoms with Gasteiger partial charge in [0.2, 0.25) is 0 Å². The lowest BCUT2D eigenvalue weighted by Crippen LogP contribution is -2.43. The number of nitrogens with zero attached hydrogens (tertiary/aromatic N) is 3. The molecule has 0 radical (unpaired) electrons. The molecule has 1 atom stereocenters. The zero-order valence-electron chi connectivity index (χ0n) is 22.0. The van der Waals surface area contributed by atoms with Crippen molar-refractivity contribution in [1.82, 2.24) is 13.7 Å². The Hall–Kier alpha value is -3.62. The van der Waals surface area contributed by atoms with E-state index in [-0.39, 0.29) is 46.1 Å². The fourth-order valence-corrected chi connectivity index (χ4v) is 4.99. The summed E-state index contributed by atoms with van der Waals surface area (Å²) in [5.74, 6) is -2.53. The van der Waals surface area contributed by atoms with E-state index in [9.17, 15) is 18.8 Å². The van der Waals surface area contributed by atoms with Crippen molar-refractivity contribution < 1.29 is 23.0 Å². The number of rotatable bonds is 5. The molecule has 1 aliphatic heterocycles. The Bertz CT molecular complexity index is 1890. The summed E-state index contributed by atoms with van der Waals surface area (Å²) in [6.45, 7) is 8.77. The van der Waals surface area contributed by atoms with Gasteiger partial charge < -0.3 is 14.2 Å². The standard InChI is InChI=1S/C28H24F2IN3O6/c1-14-17(29)7-6-8-20(14)39-21-12-23(35)32(5)25-24(21)26(36)33(15(2)22-13-38-28(3,4)40-22)27(37)34(25)19-10-9-16(31)11-18(19)30/h6-12,22H,2,13H2,1,3-5H3/t22-/m1/s1. The van der Waals surface area contributed by atoms with Crippen LogP contribution in [0, 0.1) is 22.1 Å². The predicted molar refractivity (Wildman–Crippen MR) is 153 cm³/mol. The Morgan fingerprint density at radius 2 is 1.82 bits per heavy atom. The normalized spacial score (nSPS) is 16.4.